The van der Waals surface area contributed by atoms with Gasteiger partial charge in [0.15, 0.2) is 0 Å². The Labute approximate surface area is 145 Å². The summed E-state index contributed by atoms with van der Waals surface area (Å²) < 4.78 is 6.59. The van der Waals surface area contributed by atoms with Crippen molar-refractivity contribution in [2.24, 2.45) is 5.73 Å². The maximum Gasteiger partial charge on any atom is 0.224 e. The van der Waals surface area contributed by atoms with Gasteiger partial charge < -0.3 is 15.8 Å². The fourth-order valence-electron chi connectivity index (χ4n) is 2.01. The Bertz CT molecular complexity index is 645. The van der Waals surface area contributed by atoms with Crippen LogP contribution in [-0.4, -0.2) is 11.9 Å². The lowest BCUT2D eigenvalue weighted by Crippen LogP contribution is -2.19. The molecular weight excluding hydrogens is 356 g/mol. The number of nitrogens with one attached hydrogen (secondary N) is 1. The van der Waals surface area contributed by atoms with E-state index in [0.29, 0.717) is 19.4 Å². The number of amides is 1. The van der Waals surface area contributed by atoms with Crippen molar-refractivity contribution in [2.45, 2.75) is 32.4 Å². The van der Waals surface area contributed by atoms with Gasteiger partial charge in [0, 0.05) is 18.2 Å². The van der Waals surface area contributed by atoms with Crippen molar-refractivity contribution in [3.63, 3.8) is 0 Å². The number of benzene rings is 2. The summed E-state index contributed by atoms with van der Waals surface area (Å²) in [4.78, 5) is 11.8. The second-order valence-corrected chi connectivity index (χ2v) is 6.34. The summed E-state index contributed by atoms with van der Waals surface area (Å²) in [5.74, 6) is 0.703. The van der Waals surface area contributed by atoms with E-state index in [-0.39, 0.29) is 11.9 Å². The van der Waals surface area contributed by atoms with E-state index in [9.17, 15) is 4.79 Å². The number of nitrogens with two attached hydrogens (primary N) is 1. The van der Waals surface area contributed by atoms with Gasteiger partial charge in [-0.25, -0.2) is 0 Å². The van der Waals surface area contributed by atoms with Gasteiger partial charge >= 0.3 is 0 Å². The van der Waals surface area contributed by atoms with Crippen molar-refractivity contribution in [2.75, 3.05) is 5.32 Å². The molecule has 122 valence electrons. The lowest BCUT2D eigenvalue weighted by molar-refractivity contribution is -0.116. The van der Waals surface area contributed by atoms with Crippen molar-refractivity contribution in [1.29, 1.82) is 0 Å². The first-order valence-electron chi connectivity index (χ1n) is 7.56. The van der Waals surface area contributed by atoms with Crippen LogP contribution in [0.2, 0.25) is 0 Å². The number of ether oxygens (including phenoxy) is 1. The lowest BCUT2D eigenvalue weighted by atomic mass is 10.2. The van der Waals surface area contributed by atoms with Crippen LogP contribution in [0.3, 0.4) is 0 Å². The van der Waals surface area contributed by atoms with Gasteiger partial charge in [0.2, 0.25) is 5.91 Å². The molecule has 3 N–H and O–H groups in total. The Morgan fingerprint density at radius 2 is 2.00 bits per heavy atom. The van der Waals surface area contributed by atoms with Crippen LogP contribution in [0.5, 0.6) is 5.75 Å². The minimum absolute atomic E-state index is 0.0289. The number of hydrogen-bond acceptors (Lipinski definition) is 3. The first-order chi connectivity index (χ1) is 11.0. The average Bonchev–Trinajstić information content (AvgIpc) is 2.53. The zero-order chi connectivity index (χ0) is 16.7. The number of carbonyl (C=O) groups excluding carboxylic acids is 1. The predicted molar refractivity (Wildman–Crippen MR) is 96.4 cm³/mol. The molecule has 0 aromatic heterocycles. The fraction of sp³-hybridized carbons (Fsp3) is 0.278. The van der Waals surface area contributed by atoms with E-state index in [4.69, 9.17) is 10.5 Å². The Balaban J connectivity index is 1.91. The summed E-state index contributed by atoms with van der Waals surface area (Å²) >= 11 is 3.48. The van der Waals surface area contributed by atoms with Crippen molar-refractivity contribution in [3.8, 4) is 5.75 Å². The average molecular weight is 377 g/mol. The minimum atomic E-state index is -0.0350. The van der Waals surface area contributed by atoms with Gasteiger partial charge in [-0.15, -0.1) is 0 Å². The summed E-state index contributed by atoms with van der Waals surface area (Å²) in [5.41, 5.74) is 7.49. The molecule has 2 rings (SSSR count). The largest absolute Gasteiger partial charge is 0.488 e. The molecular formula is C18H21BrN2O2. The molecule has 2 aromatic rings. The fourth-order valence-corrected chi connectivity index (χ4v) is 2.51. The third-order valence-corrected chi connectivity index (χ3v) is 3.90. The monoisotopic (exact) mass is 376 g/mol. The van der Waals surface area contributed by atoms with Gasteiger partial charge in [-0.05, 0) is 53.0 Å². The summed E-state index contributed by atoms with van der Waals surface area (Å²) in [6, 6.07) is 15.5. The van der Waals surface area contributed by atoms with E-state index in [1.807, 2.05) is 55.5 Å². The number of halogens is 1. The molecule has 2 aromatic carbocycles. The van der Waals surface area contributed by atoms with E-state index in [2.05, 4.69) is 21.2 Å². The highest BCUT2D eigenvalue weighted by atomic mass is 79.9. The number of anilines is 1. The van der Waals surface area contributed by atoms with Gasteiger partial charge in [0.1, 0.15) is 12.4 Å². The van der Waals surface area contributed by atoms with Crippen LogP contribution in [0, 0.1) is 0 Å². The van der Waals surface area contributed by atoms with Gasteiger partial charge in [0.05, 0.1) is 4.47 Å². The molecule has 4 nitrogen and oxygen atoms in total. The standard InChI is InChI=1S/C18H21BrN2O2/c1-13(20)7-10-18(22)21-15-8-9-17(16(19)11-15)23-12-14-5-3-2-4-6-14/h2-6,8-9,11,13H,7,10,12,20H2,1H3,(H,21,22). The normalized spacial score (nSPS) is 11.8. The van der Waals surface area contributed by atoms with E-state index < -0.39 is 0 Å². The van der Waals surface area contributed by atoms with E-state index in [0.717, 1.165) is 21.5 Å². The molecule has 0 heterocycles. The van der Waals surface area contributed by atoms with Gasteiger partial charge in [-0.1, -0.05) is 30.3 Å². The van der Waals surface area contributed by atoms with Crippen molar-refractivity contribution < 1.29 is 9.53 Å². The molecule has 5 heteroatoms. The Kier molecular flexibility index (Phi) is 6.62. The summed E-state index contributed by atoms with van der Waals surface area (Å²) in [6.07, 6.45) is 1.09. The molecule has 0 aliphatic carbocycles. The Morgan fingerprint density at radius 3 is 2.65 bits per heavy atom. The Morgan fingerprint density at radius 1 is 1.26 bits per heavy atom. The molecule has 0 saturated heterocycles. The maximum atomic E-state index is 11.8. The quantitative estimate of drug-likeness (QED) is 0.764. The number of hydrogen-bond donors (Lipinski definition) is 2. The first-order valence-corrected chi connectivity index (χ1v) is 8.35. The molecule has 0 bridgehead atoms. The zero-order valence-corrected chi connectivity index (χ0v) is 14.7. The highest BCUT2D eigenvalue weighted by Gasteiger charge is 2.07. The van der Waals surface area contributed by atoms with Crippen LogP contribution < -0.4 is 15.8 Å². The van der Waals surface area contributed by atoms with Crippen LogP contribution in [0.1, 0.15) is 25.3 Å². The molecule has 1 unspecified atom stereocenters. The lowest BCUT2D eigenvalue weighted by Gasteiger charge is -2.11. The van der Waals surface area contributed by atoms with E-state index in [1.165, 1.54) is 0 Å². The smallest absolute Gasteiger partial charge is 0.224 e. The molecule has 1 atom stereocenters. The predicted octanol–water partition coefficient (Wildman–Crippen LogP) is 4.09. The highest BCUT2D eigenvalue weighted by Crippen LogP contribution is 2.29. The maximum absolute atomic E-state index is 11.8. The SMILES string of the molecule is CC(N)CCC(=O)Nc1ccc(OCc2ccccc2)c(Br)c1. The molecule has 23 heavy (non-hydrogen) atoms. The van der Waals surface area contributed by atoms with Gasteiger partial charge in [0.25, 0.3) is 0 Å². The molecule has 0 aliphatic rings. The van der Waals surface area contributed by atoms with Crippen LogP contribution in [0.15, 0.2) is 53.0 Å². The van der Waals surface area contributed by atoms with Crippen LogP contribution >= 0.6 is 15.9 Å². The zero-order valence-electron chi connectivity index (χ0n) is 13.1. The highest BCUT2D eigenvalue weighted by molar-refractivity contribution is 9.10. The molecule has 1 amide bonds. The second-order valence-electron chi connectivity index (χ2n) is 5.48. The topological polar surface area (TPSA) is 64.4 Å². The summed E-state index contributed by atoms with van der Waals surface area (Å²) in [5, 5.41) is 2.86. The molecule has 0 fully saturated rings. The molecule has 0 saturated carbocycles. The van der Waals surface area contributed by atoms with E-state index >= 15 is 0 Å². The molecule has 0 radical (unpaired) electrons. The van der Waals surface area contributed by atoms with Crippen LogP contribution in [0.4, 0.5) is 5.69 Å². The van der Waals surface area contributed by atoms with Gasteiger partial charge in [-0.3, -0.25) is 4.79 Å². The third kappa shape index (κ3) is 6.04. The molecule has 0 spiro atoms. The minimum Gasteiger partial charge on any atom is -0.488 e. The first kappa shape index (κ1) is 17.5. The molecule has 0 aliphatic heterocycles. The number of rotatable bonds is 7. The van der Waals surface area contributed by atoms with Crippen molar-refractivity contribution >= 4 is 27.5 Å². The van der Waals surface area contributed by atoms with E-state index in [1.54, 1.807) is 0 Å². The van der Waals surface area contributed by atoms with Gasteiger partial charge in [-0.2, -0.15) is 0 Å². The Hall–Kier alpha value is -1.85. The second kappa shape index (κ2) is 8.70. The summed E-state index contributed by atoms with van der Waals surface area (Å²) in [6.45, 7) is 2.39. The van der Waals surface area contributed by atoms with Crippen LogP contribution in [0.25, 0.3) is 0 Å². The number of carbonyl (C=O) groups is 1. The third-order valence-electron chi connectivity index (χ3n) is 3.28. The van der Waals surface area contributed by atoms with Crippen molar-refractivity contribution in [1.82, 2.24) is 0 Å². The van der Waals surface area contributed by atoms with Crippen LogP contribution in [-0.2, 0) is 11.4 Å². The van der Waals surface area contributed by atoms with Crippen molar-refractivity contribution in [3.05, 3.63) is 58.6 Å². The summed E-state index contributed by atoms with van der Waals surface area (Å²) in [7, 11) is 0.